The molecule has 130 valence electrons. The van der Waals surface area contributed by atoms with Crippen molar-refractivity contribution in [3.05, 3.63) is 46.1 Å². The minimum absolute atomic E-state index is 0.0237. The van der Waals surface area contributed by atoms with Gasteiger partial charge in [0.1, 0.15) is 12.0 Å². The summed E-state index contributed by atoms with van der Waals surface area (Å²) in [6.45, 7) is 5.68. The van der Waals surface area contributed by atoms with E-state index in [1.165, 1.54) is 30.2 Å². The molecule has 9 heteroatoms. The van der Waals surface area contributed by atoms with Gasteiger partial charge in [-0.3, -0.25) is 4.79 Å². The average molecular weight is 342 g/mol. The van der Waals surface area contributed by atoms with Gasteiger partial charge in [-0.2, -0.15) is 19.4 Å². The lowest BCUT2D eigenvalue weighted by Gasteiger charge is -2.16. The largest absolute Gasteiger partial charge is 0.504 e. The molecule has 0 aliphatic heterocycles. The van der Waals surface area contributed by atoms with Gasteiger partial charge in [-0.1, -0.05) is 20.8 Å². The molecule has 9 nitrogen and oxygen atoms in total. The SMILES string of the molecule is COc1cc(C=Nn2c(=O)c(C(C)(C)C)nn3cnnc23)ccc1O. The maximum absolute atomic E-state index is 12.8. The number of hydrogen-bond acceptors (Lipinski definition) is 7. The number of ether oxygens (including phenoxy) is 1. The standard InChI is InChI=1S/C16H18N6O3/c1-16(2,3)13-14(24)22(15-19-17-9-21(15)20-13)18-8-10-5-6-11(23)12(7-10)25-4/h5-9,23H,1-4H3. The van der Waals surface area contributed by atoms with E-state index in [4.69, 9.17) is 4.74 Å². The second-order valence-corrected chi connectivity index (χ2v) is 6.47. The van der Waals surface area contributed by atoms with Crippen LogP contribution in [0, 0.1) is 0 Å². The van der Waals surface area contributed by atoms with Crippen molar-refractivity contribution in [3.8, 4) is 11.5 Å². The first-order chi connectivity index (χ1) is 11.8. The summed E-state index contributed by atoms with van der Waals surface area (Å²) in [6, 6.07) is 4.75. The monoisotopic (exact) mass is 342 g/mol. The number of rotatable bonds is 3. The first-order valence-corrected chi connectivity index (χ1v) is 7.56. The number of aromatic hydroxyl groups is 1. The minimum atomic E-state index is -0.464. The highest BCUT2D eigenvalue weighted by Crippen LogP contribution is 2.25. The smallest absolute Gasteiger partial charge is 0.298 e. The van der Waals surface area contributed by atoms with Crippen LogP contribution >= 0.6 is 0 Å². The van der Waals surface area contributed by atoms with Crippen molar-refractivity contribution in [3.63, 3.8) is 0 Å². The molecule has 0 aliphatic carbocycles. The zero-order valence-corrected chi connectivity index (χ0v) is 14.3. The molecule has 0 atom stereocenters. The molecule has 0 saturated heterocycles. The topological polar surface area (TPSA) is 107 Å². The highest BCUT2D eigenvalue weighted by Gasteiger charge is 2.23. The molecule has 0 unspecified atom stereocenters. The van der Waals surface area contributed by atoms with Crippen molar-refractivity contribution >= 4 is 12.0 Å². The Morgan fingerprint density at radius 1 is 1.32 bits per heavy atom. The third-order valence-electron chi connectivity index (χ3n) is 3.54. The average Bonchev–Trinajstić information content (AvgIpc) is 3.02. The third-order valence-corrected chi connectivity index (χ3v) is 3.54. The lowest BCUT2D eigenvalue weighted by atomic mass is 9.93. The van der Waals surface area contributed by atoms with Crippen LogP contribution in [0.4, 0.5) is 0 Å². The van der Waals surface area contributed by atoms with Crippen LogP contribution in [-0.2, 0) is 5.41 Å². The molecular formula is C16H18N6O3. The van der Waals surface area contributed by atoms with Gasteiger partial charge in [-0.25, -0.2) is 0 Å². The van der Waals surface area contributed by atoms with E-state index in [2.05, 4.69) is 20.4 Å². The molecule has 0 radical (unpaired) electrons. The van der Waals surface area contributed by atoms with Crippen LogP contribution in [0.3, 0.4) is 0 Å². The van der Waals surface area contributed by atoms with Crippen LogP contribution in [0.2, 0.25) is 0 Å². The molecule has 0 spiro atoms. The molecule has 0 saturated carbocycles. The zero-order valence-electron chi connectivity index (χ0n) is 14.3. The lowest BCUT2D eigenvalue weighted by Crippen LogP contribution is -2.33. The van der Waals surface area contributed by atoms with Crippen molar-refractivity contribution in [2.24, 2.45) is 5.10 Å². The van der Waals surface area contributed by atoms with E-state index in [9.17, 15) is 9.90 Å². The fourth-order valence-electron chi connectivity index (χ4n) is 2.25. The Morgan fingerprint density at radius 2 is 2.08 bits per heavy atom. The molecule has 0 fully saturated rings. The number of nitrogens with zero attached hydrogens (tertiary/aromatic N) is 6. The van der Waals surface area contributed by atoms with Gasteiger partial charge in [0.15, 0.2) is 11.5 Å². The molecule has 0 aliphatic rings. The number of aromatic nitrogens is 5. The van der Waals surface area contributed by atoms with Crippen LogP contribution < -0.4 is 10.3 Å². The number of fused-ring (bicyclic) bond motifs is 1. The number of methoxy groups -OCH3 is 1. The molecule has 1 N–H and O–H groups in total. The van der Waals surface area contributed by atoms with Gasteiger partial charge in [-0.15, -0.1) is 10.2 Å². The van der Waals surface area contributed by atoms with Crippen LogP contribution in [0.5, 0.6) is 11.5 Å². The molecule has 2 heterocycles. The predicted molar refractivity (Wildman–Crippen MR) is 91.4 cm³/mol. The number of hydrogen-bond donors (Lipinski definition) is 1. The molecule has 3 rings (SSSR count). The molecule has 25 heavy (non-hydrogen) atoms. The van der Waals surface area contributed by atoms with E-state index in [-0.39, 0.29) is 17.1 Å². The Morgan fingerprint density at radius 3 is 2.76 bits per heavy atom. The van der Waals surface area contributed by atoms with Crippen LogP contribution in [0.15, 0.2) is 34.4 Å². The van der Waals surface area contributed by atoms with Crippen LogP contribution in [-0.4, -0.2) is 42.9 Å². The fraction of sp³-hybridized carbons (Fsp3) is 0.312. The Balaban J connectivity index is 2.14. The summed E-state index contributed by atoms with van der Waals surface area (Å²) in [4.78, 5) is 12.8. The van der Waals surface area contributed by atoms with Crippen LogP contribution in [0.1, 0.15) is 32.0 Å². The van der Waals surface area contributed by atoms with Gasteiger partial charge in [0.25, 0.3) is 11.3 Å². The normalized spacial score (nSPS) is 12.2. The van der Waals surface area contributed by atoms with E-state index < -0.39 is 5.41 Å². The summed E-state index contributed by atoms with van der Waals surface area (Å²) in [7, 11) is 1.46. The molecule has 0 amide bonds. The quantitative estimate of drug-likeness (QED) is 0.716. The van der Waals surface area contributed by atoms with Gasteiger partial charge in [0.2, 0.25) is 0 Å². The second kappa shape index (κ2) is 6.00. The second-order valence-electron chi connectivity index (χ2n) is 6.47. The molecule has 3 aromatic rings. The van der Waals surface area contributed by atoms with E-state index in [1.807, 2.05) is 20.8 Å². The molecule has 1 aromatic carbocycles. The fourth-order valence-corrected chi connectivity index (χ4v) is 2.25. The maximum Gasteiger partial charge on any atom is 0.298 e. The van der Waals surface area contributed by atoms with E-state index in [0.29, 0.717) is 17.0 Å². The van der Waals surface area contributed by atoms with Gasteiger partial charge >= 0.3 is 0 Å². The number of phenols is 1. The Bertz CT molecular complexity index is 1010. The van der Waals surface area contributed by atoms with Gasteiger partial charge in [0, 0.05) is 5.41 Å². The number of phenolic OH excluding ortho intramolecular Hbond substituents is 1. The summed E-state index contributed by atoms with van der Waals surface area (Å²) < 4.78 is 7.63. The molecule has 2 aromatic heterocycles. The Labute approximate surface area is 143 Å². The van der Waals surface area contributed by atoms with Crippen molar-refractivity contribution < 1.29 is 9.84 Å². The van der Waals surface area contributed by atoms with E-state index >= 15 is 0 Å². The van der Waals surface area contributed by atoms with Gasteiger partial charge in [0.05, 0.1) is 13.3 Å². The molecule has 0 bridgehead atoms. The highest BCUT2D eigenvalue weighted by molar-refractivity contribution is 5.80. The van der Waals surface area contributed by atoms with Crippen molar-refractivity contribution in [1.29, 1.82) is 0 Å². The van der Waals surface area contributed by atoms with Gasteiger partial charge in [-0.05, 0) is 23.8 Å². The zero-order chi connectivity index (χ0) is 18.2. The molecular weight excluding hydrogens is 324 g/mol. The van der Waals surface area contributed by atoms with Crippen molar-refractivity contribution in [1.82, 2.24) is 24.5 Å². The van der Waals surface area contributed by atoms with E-state index in [0.717, 1.165) is 4.68 Å². The summed E-state index contributed by atoms with van der Waals surface area (Å²) >= 11 is 0. The van der Waals surface area contributed by atoms with Crippen molar-refractivity contribution in [2.75, 3.05) is 7.11 Å². The minimum Gasteiger partial charge on any atom is -0.504 e. The summed E-state index contributed by atoms with van der Waals surface area (Å²) in [5.74, 6) is 0.546. The first kappa shape index (κ1) is 16.6. The van der Waals surface area contributed by atoms with Crippen LogP contribution in [0.25, 0.3) is 5.78 Å². The van der Waals surface area contributed by atoms with Crippen molar-refractivity contribution in [2.45, 2.75) is 26.2 Å². The number of benzene rings is 1. The third kappa shape index (κ3) is 3.08. The van der Waals surface area contributed by atoms with E-state index in [1.54, 1.807) is 12.1 Å². The first-order valence-electron chi connectivity index (χ1n) is 7.56. The Hall–Kier alpha value is -3.23. The lowest BCUT2D eigenvalue weighted by molar-refractivity contribution is 0.373. The summed E-state index contributed by atoms with van der Waals surface area (Å²) in [6.07, 6.45) is 2.89. The summed E-state index contributed by atoms with van der Waals surface area (Å²) in [5.41, 5.74) is 0.165. The highest BCUT2D eigenvalue weighted by atomic mass is 16.5. The predicted octanol–water partition coefficient (Wildman–Crippen LogP) is 1.18. The summed E-state index contributed by atoms with van der Waals surface area (Å²) in [5, 5.41) is 25.9. The van der Waals surface area contributed by atoms with Gasteiger partial charge < -0.3 is 9.84 Å². The maximum atomic E-state index is 12.8. The Kier molecular flexibility index (Phi) is 3.99.